The van der Waals surface area contributed by atoms with Gasteiger partial charge >= 0.3 is 0 Å². The van der Waals surface area contributed by atoms with Crippen molar-refractivity contribution in [2.45, 2.75) is 51.0 Å². The lowest BCUT2D eigenvalue weighted by molar-refractivity contribution is -0.103. The van der Waals surface area contributed by atoms with Gasteiger partial charge in [-0.05, 0) is 50.9 Å². The maximum Gasteiger partial charge on any atom is 0.119 e. The first-order valence-electron chi connectivity index (χ1n) is 7.94. The lowest BCUT2D eigenvalue weighted by Crippen LogP contribution is -2.48. The SMILES string of the molecule is CC(C)Oc1ccc(C(O)C2CN3CCCC3CO2)cc1. The number of hydrogen-bond acceptors (Lipinski definition) is 4. The number of aliphatic hydroxyl groups excluding tert-OH is 1. The smallest absolute Gasteiger partial charge is 0.119 e. The summed E-state index contributed by atoms with van der Waals surface area (Å²) in [5, 5.41) is 10.5. The second kappa shape index (κ2) is 6.34. The van der Waals surface area contributed by atoms with Crippen LogP contribution in [0.3, 0.4) is 0 Å². The number of rotatable bonds is 4. The number of aliphatic hydroxyl groups is 1. The van der Waals surface area contributed by atoms with Crippen molar-refractivity contribution in [3.8, 4) is 5.75 Å². The van der Waals surface area contributed by atoms with Crippen LogP contribution in [0.5, 0.6) is 5.75 Å². The molecule has 0 aliphatic carbocycles. The minimum atomic E-state index is -0.570. The monoisotopic (exact) mass is 291 g/mol. The van der Waals surface area contributed by atoms with Crippen molar-refractivity contribution in [1.82, 2.24) is 4.90 Å². The van der Waals surface area contributed by atoms with Crippen LogP contribution in [-0.2, 0) is 4.74 Å². The Morgan fingerprint density at radius 1 is 1.29 bits per heavy atom. The van der Waals surface area contributed by atoms with E-state index < -0.39 is 6.10 Å². The van der Waals surface area contributed by atoms with Gasteiger partial charge in [-0.3, -0.25) is 4.90 Å². The highest BCUT2D eigenvalue weighted by Gasteiger charge is 2.35. The van der Waals surface area contributed by atoms with Crippen LogP contribution in [0.1, 0.15) is 38.4 Å². The molecule has 3 unspecified atom stereocenters. The van der Waals surface area contributed by atoms with Crippen LogP contribution in [0.4, 0.5) is 0 Å². The minimum absolute atomic E-state index is 0.129. The lowest BCUT2D eigenvalue weighted by atomic mass is 10.0. The molecule has 1 N–H and O–H groups in total. The summed E-state index contributed by atoms with van der Waals surface area (Å²) in [6.45, 7) is 6.72. The van der Waals surface area contributed by atoms with Gasteiger partial charge in [0.05, 0.1) is 12.7 Å². The second-order valence-corrected chi connectivity index (χ2v) is 6.34. The van der Waals surface area contributed by atoms with Crippen LogP contribution in [0.25, 0.3) is 0 Å². The van der Waals surface area contributed by atoms with Gasteiger partial charge in [-0.25, -0.2) is 0 Å². The Hall–Kier alpha value is -1.10. The molecular weight excluding hydrogens is 266 g/mol. The van der Waals surface area contributed by atoms with Gasteiger partial charge in [0.2, 0.25) is 0 Å². The zero-order chi connectivity index (χ0) is 14.8. The number of morpholine rings is 1. The maximum absolute atomic E-state index is 10.5. The van der Waals surface area contributed by atoms with E-state index in [-0.39, 0.29) is 12.2 Å². The number of hydrogen-bond donors (Lipinski definition) is 1. The Bertz CT molecular complexity index is 460. The number of ether oxygens (including phenoxy) is 2. The van der Waals surface area contributed by atoms with Gasteiger partial charge in [0.1, 0.15) is 18.0 Å². The molecule has 1 aromatic carbocycles. The van der Waals surface area contributed by atoms with Crippen molar-refractivity contribution in [2.75, 3.05) is 19.7 Å². The summed E-state index contributed by atoms with van der Waals surface area (Å²) in [4.78, 5) is 2.45. The summed E-state index contributed by atoms with van der Waals surface area (Å²) in [6.07, 6.45) is 1.94. The largest absolute Gasteiger partial charge is 0.491 e. The van der Waals surface area contributed by atoms with E-state index in [1.165, 1.54) is 12.8 Å². The third-order valence-corrected chi connectivity index (χ3v) is 4.36. The molecule has 4 heteroatoms. The first-order chi connectivity index (χ1) is 10.1. The van der Waals surface area contributed by atoms with Crippen LogP contribution in [0.15, 0.2) is 24.3 Å². The van der Waals surface area contributed by atoms with E-state index >= 15 is 0 Å². The van der Waals surface area contributed by atoms with E-state index in [9.17, 15) is 5.11 Å². The number of nitrogens with zero attached hydrogens (tertiary/aromatic N) is 1. The predicted molar refractivity (Wildman–Crippen MR) is 81.5 cm³/mol. The first kappa shape index (κ1) is 14.8. The maximum atomic E-state index is 10.5. The minimum Gasteiger partial charge on any atom is -0.491 e. The Balaban J connectivity index is 1.63. The fraction of sp³-hybridized carbons (Fsp3) is 0.647. The third kappa shape index (κ3) is 3.39. The molecule has 2 saturated heterocycles. The normalized spacial score (nSPS) is 27.6. The molecule has 2 aliphatic heterocycles. The Morgan fingerprint density at radius 3 is 2.76 bits per heavy atom. The highest BCUT2D eigenvalue weighted by molar-refractivity contribution is 5.29. The van der Waals surface area contributed by atoms with Crippen molar-refractivity contribution < 1.29 is 14.6 Å². The van der Waals surface area contributed by atoms with Crippen LogP contribution >= 0.6 is 0 Å². The van der Waals surface area contributed by atoms with E-state index in [0.717, 1.165) is 31.0 Å². The summed E-state index contributed by atoms with van der Waals surface area (Å²) in [6, 6.07) is 8.26. The molecule has 2 fully saturated rings. The number of fused-ring (bicyclic) bond motifs is 1. The Labute approximate surface area is 126 Å². The number of benzene rings is 1. The van der Waals surface area contributed by atoms with E-state index in [2.05, 4.69) is 4.90 Å². The molecule has 116 valence electrons. The summed E-state index contributed by atoms with van der Waals surface area (Å²) >= 11 is 0. The van der Waals surface area contributed by atoms with Gasteiger partial charge in [-0.1, -0.05) is 12.1 Å². The van der Waals surface area contributed by atoms with Crippen molar-refractivity contribution in [1.29, 1.82) is 0 Å². The molecule has 3 rings (SSSR count). The molecule has 21 heavy (non-hydrogen) atoms. The summed E-state index contributed by atoms with van der Waals surface area (Å²) in [7, 11) is 0. The van der Waals surface area contributed by atoms with E-state index in [1.807, 2.05) is 38.1 Å². The van der Waals surface area contributed by atoms with Gasteiger partial charge in [0.15, 0.2) is 0 Å². The molecule has 0 saturated carbocycles. The van der Waals surface area contributed by atoms with Crippen molar-refractivity contribution in [3.05, 3.63) is 29.8 Å². The molecule has 0 aromatic heterocycles. The van der Waals surface area contributed by atoms with Gasteiger partial charge in [0, 0.05) is 12.6 Å². The summed E-state index contributed by atoms with van der Waals surface area (Å²) in [5.41, 5.74) is 0.897. The van der Waals surface area contributed by atoms with Crippen LogP contribution in [-0.4, -0.2) is 48.0 Å². The molecule has 1 aromatic rings. The van der Waals surface area contributed by atoms with Crippen molar-refractivity contribution >= 4 is 0 Å². The summed E-state index contributed by atoms with van der Waals surface area (Å²) < 4.78 is 11.5. The highest BCUT2D eigenvalue weighted by Crippen LogP contribution is 2.29. The molecule has 2 aliphatic rings. The first-order valence-corrected chi connectivity index (χ1v) is 7.94. The Morgan fingerprint density at radius 2 is 2.05 bits per heavy atom. The van der Waals surface area contributed by atoms with E-state index in [0.29, 0.717) is 6.04 Å². The van der Waals surface area contributed by atoms with Crippen LogP contribution in [0, 0.1) is 0 Å². The zero-order valence-electron chi connectivity index (χ0n) is 12.9. The van der Waals surface area contributed by atoms with Crippen LogP contribution in [0.2, 0.25) is 0 Å². The average Bonchev–Trinajstić information content (AvgIpc) is 2.94. The quantitative estimate of drug-likeness (QED) is 0.925. The summed E-state index contributed by atoms with van der Waals surface area (Å²) in [5.74, 6) is 0.838. The van der Waals surface area contributed by atoms with Gasteiger partial charge in [0.25, 0.3) is 0 Å². The molecule has 0 amide bonds. The Kier molecular flexibility index (Phi) is 4.48. The molecule has 2 heterocycles. The van der Waals surface area contributed by atoms with Gasteiger partial charge in [-0.2, -0.15) is 0 Å². The van der Waals surface area contributed by atoms with E-state index in [4.69, 9.17) is 9.47 Å². The predicted octanol–water partition coefficient (Wildman–Crippen LogP) is 2.37. The van der Waals surface area contributed by atoms with Crippen LogP contribution < -0.4 is 4.74 Å². The van der Waals surface area contributed by atoms with Crippen molar-refractivity contribution in [2.24, 2.45) is 0 Å². The molecule has 0 radical (unpaired) electrons. The topological polar surface area (TPSA) is 41.9 Å². The molecule has 3 atom stereocenters. The average molecular weight is 291 g/mol. The van der Waals surface area contributed by atoms with Gasteiger partial charge in [-0.15, -0.1) is 0 Å². The zero-order valence-corrected chi connectivity index (χ0v) is 12.9. The highest BCUT2D eigenvalue weighted by atomic mass is 16.5. The lowest BCUT2D eigenvalue weighted by Gasteiger charge is -2.37. The fourth-order valence-corrected chi connectivity index (χ4v) is 3.26. The van der Waals surface area contributed by atoms with E-state index in [1.54, 1.807) is 0 Å². The third-order valence-electron chi connectivity index (χ3n) is 4.36. The van der Waals surface area contributed by atoms with Gasteiger partial charge < -0.3 is 14.6 Å². The molecule has 0 bridgehead atoms. The second-order valence-electron chi connectivity index (χ2n) is 6.34. The van der Waals surface area contributed by atoms with Crippen molar-refractivity contribution in [3.63, 3.8) is 0 Å². The molecule has 4 nitrogen and oxygen atoms in total. The molecule has 0 spiro atoms. The standard InChI is InChI=1S/C17H25NO3/c1-12(2)21-15-7-5-13(6-8-15)17(19)16-10-18-9-3-4-14(18)11-20-16/h5-8,12,14,16-17,19H,3-4,9-11H2,1-2H3. The fourth-order valence-electron chi connectivity index (χ4n) is 3.26. The molecular formula is C17H25NO3.